The van der Waals surface area contributed by atoms with E-state index in [1.165, 1.54) is 6.33 Å². The Labute approximate surface area is 215 Å². The summed E-state index contributed by atoms with van der Waals surface area (Å²) in [5, 5.41) is 7.75. The van der Waals surface area contributed by atoms with Crippen molar-refractivity contribution < 1.29 is 14.3 Å². The van der Waals surface area contributed by atoms with E-state index in [1.807, 2.05) is 12.1 Å². The van der Waals surface area contributed by atoms with Crippen molar-refractivity contribution in [2.45, 2.75) is 25.3 Å². The summed E-state index contributed by atoms with van der Waals surface area (Å²) in [6.45, 7) is 2.20. The quantitative estimate of drug-likeness (QED) is 0.423. The molecule has 0 bridgehead atoms. The first-order valence-corrected chi connectivity index (χ1v) is 12.3. The summed E-state index contributed by atoms with van der Waals surface area (Å²) in [7, 11) is 1.57. The molecule has 1 unspecified atom stereocenters. The van der Waals surface area contributed by atoms with E-state index in [9.17, 15) is 4.79 Å². The van der Waals surface area contributed by atoms with Gasteiger partial charge in [-0.25, -0.2) is 9.97 Å². The Morgan fingerprint density at radius 1 is 1.14 bits per heavy atom. The van der Waals surface area contributed by atoms with Gasteiger partial charge >= 0.3 is 0 Å². The molecule has 3 aromatic rings. The lowest BCUT2D eigenvalue weighted by Crippen LogP contribution is -2.39. The number of nitrogens with one attached hydrogen (secondary N) is 2. The van der Waals surface area contributed by atoms with Crippen molar-refractivity contribution in [2.24, 2.45) is 5.92 Å². The number of ether oxygens (including phenoxy) is 2. The SMILES string of the molecule is COc1ccc(C(=O)NC(c2ccncn2)C2CCNCC2)cc1OCCc1ccc(Cl)cc1Cl. The molecule has 4 rings (SSSR count). The topological polar surface area (TPSA) is 85.4 Å². The number of nitrogens with zero attached hydrogens (tertiary/aromatic N) is 2. The van der Waals surface area contributed by atoms with E-state index in [4.69, 9.17) is 32.7 Å². The molecule has 184 valence electrons. The molecule has 1 aliphatic heterocycles. The minimum absolute atomic E-state index is 0.194. The number of carbonyl (C=O) groups excluding carboxylic acids is 1. The fourth-order valence-corrected chi connectivity index (χ4v) is 4.75. The molecule has 1 aliphatic rings. The molecule has 1 fully saturated rings. The summed E-state index contributed by atoms with van der Waals surface area (Å²) in [6, 6.07) is 12.2. The van der Waals surface area contributed by atoms with E-state index in [1.54, 1.807) is 43.6 Å². The lowest BCUT2D eigenvalue weighted by molar-refractivity contribution is 0.0912. The summed E-state index contributed by atoms with van der Waals surface area (Å²) in [5.41, 5.74) is 2.22. The predicted molar refractivity (Wildman–Crippen MR) is 136 cm³/mol. The first-order chi connectivity index (χ1) is 17.0. The highest BCUT2D eigenvalue weighted by atomic mass is 35.5. The van der Waals surface area contributed by atoms with Crippen LogP contribution in [-0.2, 0) is 6.42 Å². The van der Waals surface area contributed by atoms with Gasteiger partial charge in [-0.2, -0.15) is 0 Å². The normalized spacial score (nSPS) is 14.8. The van der Waals surface area contributed by atoms with Gasteiger partial charge < -0.3 is 20.1 Å². The van der Waals surface area contributed by atoms with Gasteiger partial charge in [-0.15, -0.1) is 0 Å². The summed E-state index contributed by atoms with van der Waals surface area (Å²) < 4.78 is 11.4. The van der Waals surface area contributed by atoms with Crippen molar-refractivity contribution >= 4 is 29.1 Å². The highest BCUT2D eigenvalue weighted by molar-refractivity contribution is 6.35. The highest BCUT2D eigenvalue weighted by Gasteiger charge is 2.28. The van der Waals surface area contributed by atoms with Gasteiger partial charge in [0.15, 0.2) is 11.5 Å². The van der Waals surface area contributed by atoms with Crippen LogP contribution in [0.2, 0.25) is 10.0 Å². The maximum atomic E-state index is 13.3. The van der Waals surface area contributed by atoms with Gasteiger partial charge in [0.1, 0.15) is 6.33 Å². The van der Waals surface area contributed by atoms with Crippen LogP contribution in [0.1, 0.15) is 40.5 Å². The lowest BCUT2D eigenvalue weighted by Gasteiger charge is -2.31. The fourth-order valence-electron chi connectivity index (χ4n) is 4.25. The molecule has 7 nitrogen and oxygen atoms in total. The Kier molecular flexibility index (Phi) is 8.79. The number of aromatic nitrogens is 2. The standard InChI is InChI=1S/C26H28Cl2N4O3/c1-34-23-5-3-19(14-24(23)35-13-9-17-2-4-20(27)15-21(17)28)26(33)32-25(18-6-10-29-11-7-18)22-8-12-30-16-31-22/h2-5,8,12,14-16,18,25,29H,6-7,9-11,13H2,1H3,(H,32,33). The minimum Gasteiger partial charge on any atom is -0.493 e. The molecule has 1 saturated heterocycles. The van der Waals surface area contributed by atoms with Gasteiger partial charge in [-0.05, 0) is 73.8 Å². The van der Waals surface area contributed by atoms with E-state index in [0.717, 1.165) is 37.2 Å². The molecule has 1 atom stereocenters. The van der Waals surface area contributed by atoms with Crippen LogP contribution in [0, 0.1) is 5.92 Å². The molecular formula is C26H28Cl2N4O3. The molecule has 0 saturated carbocycles. The number of benzene rings is 2. The maximum absolute atomic E-state index is 13.3. The third-order valence-corrected chi connectivity index (χ3v) is 6.72. The second-order valence-corrected chi connectivity index (χ2v) is 9.22. The average molecular weight is 515 g/mol. The first kappa shape index (κ1) is 25.2. The van der Waals surface area contributed by atoms with Gasteiger partial charge in [0.25, 0.3) is 5.91 Å². The molecule has 2 aromatic carbocycles. The van der Waals surface area contributed by atoms with Crippen molar-refractivity contribution in [1.82, 2.24) is 20.6 Å². The Hall–Kier alpha value is -2.87. The van der Waals surface area contributed by atoms with E-state index < -0.39 is 0 Å². The van der Waals surface area contributed by atoms with Crippen molar-refractivity contribution in [3.8, 4) is 11.5 Å². The molecule has 0 radical (unpaired) electrons. The molecule has 2 heterocycles. The Bertz CT molecular complexity index is 1140. The predicted octanol–water partition coefficient (Wildman–Crippen LogP) is 4.88. The zero-order valence-corrected chi connectivity index (χ0v) is 21.0. The van der Waals surface area contributed by atoms with Crippen LogP contribution in [0.25, 0.3) is 0 Å². The number of amides is 1. The number of halogens is 2. The number of rotatable bonds is 9. The Morgan fingerprint density at radius 3 is 2.69 bits per heavy atom. The van der Waals surface area contributed by atoms with E-state index in [2.05, 4.69) is 20.6 Å². The van der Waals surface area contributed by atoms with Crippen molar-refractivity contribution in [2.75, 3.05) is 26.8 Å². The van der Waals surface area contributed by atoms with Crippen molar-refractivity contribution in [3.05, 3.63) is 81.9 Å². The smallest absolute Gasteiger partial charge is 0.251 e. The number of piperidine rings is 1. The van der Waals surface area contributed by atoms with Crippen molar-refractivity contribution in [3.63, 3.8) is 0 Å². The second-order valence-electron chi connectivity index (χ2n) is 8.37. The van der Waals surface area contributed by atoms with Crippen LogP contribution >= 0.6 is 23.2 Å². The molecule has 35 heavy (non-hydrogen) atoms. The molecular weight excluding hydrogens is 487 g/mol. The number of hydrogen-bond acceptors (Lipinski definition) is 6. The largest absolute Gasteiger partial charge is 0.493 e. The Morgan fingerprint density at radius 2 is 1.97 bits per heavy atom. The minimum atomic E-state index is -0.203. The zero-order chi connectivity index (χ0) is 24.6. The van der Waals surface area contributed by atoms with Crippen molar-refractivity contribution in [1.29, 1.82) is 0 Å². The van der Waals surface area contributed by atoms with Gasteiger partial charge in [0, 0.05) is 28.2 Å². The third-order valence-electron chi connectivity index (χ3n) is 6.14. The van der Waals surface area contributed by atoms with Gasteiger partial charge in [-0.3, -0.25) is 4.79 Å². The fraction of sp³-hybridized carbons (Fsp3) is 0.346. The van der Waals surface area contributed by atoms with E-state index >= 15 is 0 Å². The van der Waals surface area contributed by atoms with Crippen LogP contribution in [-0.4, -0.2) is 42.7 Å². The summed E-state index contributed by atoms with van der Waals surface area (Å²) >= 11 is 12.2. The Balaban J connectivity index is 1.48. The van der Waals surface area contributed by atoms with E-state index in [-0.39, 0.29) is 17.9 Å². The third kappa shape index (κ3) is 6.63. The molecule has 1 aromatic heterocycles. The summed E-state index contributed by atoms with van der Waals surface area (Å²) in [6.07, 6.45) is 5.72. The summed E-state index contributed by atoms with van der Waals surface area (Å²) in [4.78, 5) is 21.7. The second kappa shape index (κ2) is 12.2. The summed E-state index contributed by atoms with van der Waals surface area (Å²) in [5.74, 6) is 1.13. The highest BCUT2D eigenvalue weighted by Crippen LogP contribution is 2.31. The van der Waals surface area contributed by atoms with Gasteiger partial charge in [-0.1, -0.05) is 29.3 Å². The van der Waals surface area contributed by atoms with Gasteiger partial charge in [0.05, 0.1) is 25.5 Å². The van der Waals surface area contributed by atoms with Gasteiger partial charge in [0.2, 0.25) is 0 Å². The lowest BCUT2D eigenvalue weighted by atomic mass is 9.88. The van der Waals surface area contributed by atoms with Crippen LogP contribution in [0.5, 0.6) is 11.5 Å². The molecule has 9 heteroatoms. The number of hydrogen-bond donors (Lipinski definition) is 2. The number of methoxy groups -OCH3 is 1. The molecule has 1 amide bonds. The average Bonchev–Trinajstić information content (AvgIpc) is 2.89. The molecule has 0 spiro atoms. The molecule has 0 aliphatic carbocycles. The van der Waals surface area contributed by atoms with Crippen LogP contribution in [0.3, 0.4) is 0 Å². The zero-order valence-electron chi connectivity index (χ0n) is 19.5. The molecule has 2 N–H and O–H groups in total. The number of carbonyl (C=O) groups is 1. The first-order valence-electron chi connectivity index (χ1n) is 11.6. The van der Waals surface area contributed by atoms with Crippen LogP contribution < -0.4 is 20.1 Å². The maximum Gasteiger partial charge on any atom is 0.251 e. The monoisotopic (exact) mass is 514 g/mol. The van der Waals surface area contributed by atoms with E-state index in [0.29, 0.717) is 40.1 Å². The van der Waals surface area contributed by atoms with Crippen LogP contribution in [0.4, 0.5) is 0 Å². The van der Waals surface area contributed by atoms with Crippen LogP contribution in [0.15, 0.2) is 55.0 Å².